The van der Waals surface area contributed by atoms with Crippen LogP contribution in [0, 0.1) is 0 Å². The van der Waals surface area contributed by atoms with Gasteiger partial charge in [0.2, 0.25) is 5.83 Å². The Morgan fingerprint density at radius 3 is 1.57 bits per heavy atom. The van der Waals surface area contributed by atoms with Crippen molar-refractivity contribution in [1.29, 1.82) is 0 Å². The molecule has 0 saturated carbocycles. The maximum absolute atomic E-state index is 13.0. The molecule has 262 valence electrons. The van der Waals surface area contributed by atoms with E-state index in [4.69, 9.17) is 23.7 Å². The monoisotopic (exact) mass is 678 g/mol. The summed E-state index contributed by atoms with van der Waals surface area (Å²) in [6.45, 7) is 7.35. The van der Waals surface area contributed by atoms with Crippen molar-refractivity contribution in [2.24, 2.45) is 0 Å². The smallest absolute Gasteiger partial charge is 0.366 e. The Bertz CT molecular complexity index is 1530. The van der Waals surface area contributed by atoms with E-state index in [0.29, 0.717) is 24.7 Å². The molecule has 0 atom stereocenters. The van der Waals surface area contributed by atoms with E-state index in [-0.39, 0.29) is 28.2 Å². The van der Waals surface area contributed by atoms with Gasteiger partial charge in [-0.15, -0.1) is 0 Å². The third-order valence-electron chi connectivity index (χ3n) is 7.07. The van der Waals surface area contributed by atoms with Crippen molar-refractivity contribution in [2.75, 3.05) is 26.4 Å². The van der Waals surface area contributed by atoms with Gasteiger partial charge in [0, 0.05) is 0 Å². The molecular formula is C38H43FO10. The standard InChI is InChI=1S/C38H43FO10/c1-4-6-8-10-22-44-30-16-12-28(13-17-30)36(41)48-32-20-21-34(33(26-32)38(43)47-25-24-46-35(40)27(3)39)49-37(42)29-14-18-31(19-15-29)45-23-11-9-7-5-2/h12-21,26H,3-11,22-25H2,1-2H3. The zero-order valence-corrected chi connectivity index (χ0v) is 28.0. The van der Waals surface area contributed by atoms with Gasteiger partial charge in [-0.1, -0.05) is 59.0 Å². The predicted molar refractivity (Wildman–Crippen MR) is 180 cm³/mol. The van der Waals surface area contributed by atoms with Crippen LogP contribution in [0.25, 0.3) is 0 Å². The summed E-state index contributed by atoms with van der Waals surface area (Å²) in [5.41, 5.74) is 0.182. The van der Waals surface area contributed by atoms with Gasteiger partial charge >= 0.3 is 23.9 Å². The lowest BCUT2D eigenvalue weighted by atomic mass is 10.1. The van der Waals surface area contributed by atoms with Gasteiger partial charge in [-0.2, -0.15) is 4.39 Å². The van der Waals surface area contributed by atoms with Gasteiger partial charge in [-0.25, -0.2) is 19.2 Å². The summed E-state index contributed by atoms with van der Waals surface area (Å²) in [5, 5.41) is 0. The number of carbonyl (C=O) groups is 4. The number of carbonyl (C=O) groups excluding carboxylic acids is 4. The van der Waals surface area contributed by atoms with Gasteiger partial charge in [0.25, 0.3) is 0 Å². The molecule has 0 N–H and O–H groups in total. The number of esters is 4. The zero-order chi connectivity index (χ0) is 35.4. The molecule has 0 aromatic heterocycles. The van der Waals surface area contributed by atoms with Crippen molar-refractivity contribution in [2.45, 2.75) is 65.2 Å². The van der Waals surface area contributed by atoms with Crippen LogP contribution >= 0.6 is 0 Å². The predicted octanol–water partition coefficient (Wildman–Crippen LogP) is 8.23. The molecule has 49 heavy (non-hydrogen) atoms. The SMILES string of the molecule is C=C(F)C(=O)OCCOC(=O)c1cc(OC(=O)c2ccc(OCCCCCC)cc2)ccc1OC(=O)c1ccc(OCCCCCC)cc1. The Kier molecular flexibility index (Phi) is 16.3. The molecule has 3 aromatic carbocycles. The van der Waals surface area contributed by atoms with Crippen LogP contribution in [0.5, 0.6) is 23.0 Å². The summed E-state index contributed by atoms with van der Waals surface area (Å²) >= 11 is 0. The van der Waals surface area contributed by atoms with Crippen molar-refractivity contribution >= 4 is 23.9 Å². The molecule has 0 saturated heterocycles. The fourth-order valence-corrected chi connectivity index (χ4v) is 4.38. The van der Waals surface area contributed by atoms with Crippen molar-refractivity contribution < 1.29 is 52.0 Å². The summed E-state index contributed by atoms with van der Waals surface area (Å²) in [5.74, 6) is -4.04. The molecule has 0 spiro atoms. The third-order valence-corrected chi connectivity index (χ3v) is 7.07. The fraction of sp³-hybridized carbons (Fsp3) is 0.368. The second-order valence-electron chi connectivity index (χ2n) is 11.0. The number of hydrogen-bond donors (Lipinski definition) is 0. The lowest BCUT2D eigenvalue weighted by Gasteiger charge is -2.13. The Balaban J connectivity index is 1.69. The summed E-state index contributed by atoms with van der Waals surface area (Å²) in [6, 6.07) is 16.6. The largest absolute Gasteiger partial charge is 0.494 e. The van der Waals surface area contributed by atoms with E-state index in [2.05, 4.69) is 25.2 Å². The van der Waals surface area contributed by atoms with E-state index >= 15 is 0 Å². The minimum absolute atomic E-state index is 0.0337. The zero-order valence-electron chi connectivity index (χ0n) is 28.0. The van der Waals surface area contributed by atoms with E-state index in [1.54, 1.807) is 36.4 Å². The molecule has 0 amide bonds. The van der Waals surface area contributed by atoms with Crippen molar-refractivity contribution in [1.82, 2.24) is 0 Å². The first-order chi connectivity index (χ1) is 23.7. The molecule has 3 aromatic rings. The minimum atomic E-state index is -1.30. The number of hydrogen-bond acceptors (Lipinski definition) is 10. The quantitative estimate of drug-likeness (QED) is 0.0471. The number of benzene rings is 3. The molecule has 0 unspecified atom stereocenters. The van der Waals surface area contributed by atoms with E-state index in [1.165, 1.54) is 30.3 Å². The molecule has 10 nitrogen and oxygen atoms in total. The van der Waals surface area contributed by atoms with Crippen molar-refractivity contribution in [3.63, 3.8) is 0 Å². The molecule has 0 heterocycles. The van der Waals surface area contributed by atoms with Crippen LogP contribution in [-0.2, 0) is 14.3 Å². The molecule has 0 aliphatic heterocycles. The Labute approximate surface area is 286 Å². The lowest BCUT2D eigenvalue weighted by Crippen LogP contribution is -2.17. The van der Waals surface area contributed by atoms with Crippen molar-refractivity contribution in [3.05, 3.63) is 95.8 Å². The van der Waals surface area contributed by atoms with Crippen LogP contribution in [0.15, 0.2) is 79.1 Å². The summed E-state index contributed by atoms with van der Waals surface area (Å²) < 4.78 is 45.1. The van der Waals surface area contributed by atoms with E-state index in [9.17, 15) is 23.6 Å². The fourth-order valence-electron chi connectivity index (χ4n) is 4.38. The lowest BCUT2D eigenvalue weighted by molar-refractivity contribution is -0.141. The van der Waals surface area contributed by atoms with Crippen LogP contribution in [-0.4, -0.2) is 50.3 Å². The molecule has 0 aliphatic carbocycles. The first kappa shape index (κ1) is 38.3. The Morgan fingerprint density at radius 1 is 0.571 bits per heavy atom. The Hall–Kier alpha value is -5.19. The minimum Gasteiger partial charge on any atom is -0.494 e. The summed E-state index contributed by atoms with van der Waals surface area (Å²) in [4.78, 5) is 50.2. The van der Waals surface area contributed by atoms with Crippen LogP contribution in [0.3, 0.4) is 0 Å². The van der Waals surface area contributed by atoms with Crippen LogP contribution in [0.1, 0.15) is 96.3 Å². The molecule has 3 rings (SSSR count). The Morgan fingerprint density at radius 2 is 1.06 bits per heavy atom. The van der Waals surface area contributed by atoms with Crippen molar-refractivity contribution in [3.8, 4) is 23.0 Å². The van der Waals surface area contributed by atoms with Crippen LogP contribution in [0.2, 0.25) is 0 Å². The highest BCUT2D eigenvalue weighted by atomic mass is 19.1. The average Bonchev–Trinajstić information content (AvgIpc) is 3.10. The number of halogens is 1. The third kappa shape index (κ3) is 13.4. The van der Waals surface area contributed by atoms with Gasteiger partial charge in [0.05, 0.1) is 24.3 Å². The van der Waals surface area contributed by atoms with E-state index in [1.807, 2.05) is 0 Å². The van der Waals surface area contributed by atoms with Gasteiger partial charge < -0.3 is 28.4 Å². The summed E-state index contributed by atoms with van der Waals surface area (Å²) in [7, 11) is 0. The molecule has 11 heteroatoms. The highest BCUT2D eigenvalue weighted by Crippen LogP contribution is 2.27. The first-order valence-electron chi connectivity index (χ1n) is 16.4. The van der Waals surface area contributed by atoms with Gasteiger partial charge in [0.15, 0.2) is 0 Å². The van der Waals surface area contributed by atoms with Gasteiger partial charge in [-0.3, -0.25) is 0 Å². The first-order valence-corrected chi connectivity index (χ1v) is 16.4. The molecule has 0 fully saturated rings. The van der Waals surface area contributed by atoms with E-state index < -0.39 is 42.9 Å². The van der Waals surface area contributed by atoms with Crippen LogP contribution < -0.4 is 18.9 Å². The maximum atomic E-state index is 13.0. The number of unbranched alkanes of at least 4 members (excludes halogenated alkanes) is 6. The molecule has 0 aliphatic rings. The van der Waals surface area contributed by atoms with E-state index in [0.717, 1.165) is 51.4 Å². The second kappa shape index (κ2) is 20.9. The average molecular weight is 679 g/mol. The second-order valence-corrected chi connectivity index (χ2v) is 11.0. The van der Waals surface area contributed by atoms with Crippen LogP contribution in [0.4, 0.5) is 4.39 Å². The maximum Gasteiger partial charge on any atom is 0.366 e. The highest BCUT2D eigenvalue weighted by molar-refractivity contribution is 5.97. The van der Waals surface area contributed by atoms with Gasteiger partial charge in [0.1, 0.15) is 41.8 Å². The highest BCUT2D eigenvalue weighted by Gasteiger charge is 2.21. The molecule has 0 radical (unpaired) electrons. The molecule has 0 bridgehead atoms. The van der Waals surface area contributed by atoms with Gasteiger partial charge in [-0.05, 0) is 79.6 Å². The summed E-state index contributed by atoms with van der Waals surface area (Å²) in [6.07, 6.45) is 8.56. The normalized spacial score (nSPS) is 10.5. The number of ether oxygens (including phenoxy) is 6. The molecular weight excluding hydrogens is 635 g/mol. The topological polar surface area (TPSA) is 124 Å². The number of rotatable bonds is 21.